The molecule has 20 heavy (non-hydrogen) atoms. The van der Waals surface area contributed by atoms with Crippen molar-refractivity contribution in [3.8, 4) is 0 Å². The van der Waals surface area contributed by atoms with Gasteiger partial charge >= 0.3 is 0 Å². The fourth-order valence-electron chi connectivity index (χ4n) is 1.96. The van der Waals surface area contributed by atoms with Crippen LogP contribution >= 0.6 is 11.3 Å². The van der Waals surface area contributed by atoms with Crippen molar-refractivity contribution in [2.45, 2.75) is 13.0 Å². The Hall–Kier alpha value is -1.72. The minimum atomic E-state index is -0.0837. The predicted octanol–water partition coefficient (Wildman–Crippen LogP) is 2.48. The molecule has 0 unspecified atom stereocenters. The topological polar surface area (TPSA) is 45.2 Å². The second-order valence-electron chi connectivity index (χ2n) is 4.93. The number of pyridine rings is 1. The summed E-state index contributed by atoms with van der Waals surface area (Å²) in [5.74, 6) is -0.0837. The largest absolute Gasteiger partial charge is 0.350 e. The third kappa shape index (κ3) is 3.65. The average Bonchev–Trinajstić information content (AvgIpc) is 2.93. The number of hydrogen-bond acceptors (Lipinski definition) is 4. The van der Waals surface area contributed by atoms with Crippen molar-refractivity contribution in [1.29, 1.82) is 0 Å². The number of carbonyl (C=O) groups excluding carboxylic acids is 1. The molecule has 0 aromatic carbocycles. The normalized spacial score (nSPS) is 12.4. The van der Waals surface area contributed by atoms with E-state index in [4.69, 9.17) is 0 Å². The van der Waals surface area contributed by atoms with Gasteiger partial charge in [-0.25, -0.2) is 0 Å². The van der Waals surface area contributed by atoms with Crippen LogP contribution in [0.15, 0.2) is 35.2 Å². The highest BCUT2D eigenvalue weighted by atomic mass is 32.1. The molecular weight excluding hydrogens is 270 g/mol. The second kappa shape index (κ2) is 6.63. The van der Waals surface area contributed by atoms with Crippen LogP contribution in [0, 0.1) is 6.92 Å². The molecule has 2 aromatic rings. The van der Waals surface area contributed by atoms with E-state index in [0.717, 1.165) is 5.69 Å². The quantitative estimate of drug-likeness (QED) is 0.920. The molecule has 0 bridgehead atoms. The summed E-state index contributed by atoms with van der Waals surface area (Å²) in [6.07, 6.45) is 1.61. The number of hydrogen-bond donors (Lipinski definition) is 1. The summed E-state index contributed by atoms with van der Waals surface area (Å²) in [5, 5.41) is 7.14. The number of nitrogens with zero attached hydrogens (tertiary/aromatic N) is 2. The van der Waals surface area contributed by atoms with E-state index in [0.29, 0.717) is 12.1 Å². The van der Waals surface area contributed by atoms with Crippen molar-refractivity contribution in [1.82, 2.24) is 15.2 Å². The Labute approximate surface area is 123 Å². The summed E-state index contributed by atoms with van der Waals surface area (Å²) >= 11 is 1.67. The maximum atomic E-state index is 12.1. The van der Waals surface area contributed by atoms with Crippen LogP contribution in [0.2, 0.25) is 0 Å². The Balaban J connectivity index is 1.99. The van der Waals surface area contributed by atoms with E-state index in [1.165, 1.54) is 5.56 Å². The summed E-state index contributed by atoms with van der Waals surface area (Å²) in [7, 11) is 4.03. The van der Waals surface area contributed by atoms with Gasteiger partial charge in [-0.2, -0.15) is 11.3 Å². The maximum Gasteiger partial charge on any atom is 0.252 e. The van der Waals surface area contributed by atoms with Crippen LogP contribution < -0.4 is 5.32 Å². The lowest BCUT2D eigenvalue weighted by atomic mass is 10.1. The molecule has 1 amide bonds. The van der Waals surface area contributed by atoms with Crippen molar-refractivity contribution in [2.75, 3.05) is 20.6 Å². The van der Waals surface area contributed by atoms with E-state index in [1.54, 1.807) is 23.6 Å². The molecule has 0 saturated carbocycles. The van der Waals surface area contributed by atoms with Crippen LogP contribution in [0.5, 0.6) is 0 Å². The molecule has 0 spiro atoms. The van der Waals surface area contributed by atoms with E-state index >= 15 is 0 Å². The molecule has 0 aliphatic rings. The molecule has 0 radical (unpaired) electrons. The number of aryl methyl sites for hydroxylation is 1. The molecule has 1 atom stereocenters. The summed E-state index contributed by atoms with van der Waals surface area (Å²) in [5.41, 5.74) is 2.73. The molecule has 5 heteroatoms. The Morgan fingerprint density at radius 1 is 1.40 bits per heavy atom. The lowest BCUT2D eigenvalue weighted by Gasteiger charge is -2.24. The van der Waals surface area contributed by atoms with Crippen LogP contribution in [-0.4, -0.2) is 36.4 Å². The summed E-state index contributed by atoms with van der Waals surface area (Å²) in [6, 6.07) is 5.92. The van der Waals surface area contributed by atoms with E-state index in [9.17, 15) is 4.79 Å². The van der Waals surface area contributed by atoms with Gasteiger partial charge in [-0.3, -0.25) is 9.78 Å². The monoisotopic (exact) mass is 289 g/mol. The van der Waals surface area contributed by atoms with E-state index in [-0.39, 0.29) is 11.9 Å². The fraction of sp³-hybridized carbons (Fsp3) is 0.333. The highest BCUT2D eigenvalue weighted by Gasteiger charge is 2.16. The maximum absolute atomic E-state index is 12.1. The van der Waals surface area contributed by atoms with Gasteiger partial charge in [0.05, 0.1) is 11.6 Å². The first-order valence-corrected chi connectivity index (χ1v) is 7.41. The zero-order valence-corrected chi connectivity index (χ0v) is 12.8. The van der Waals surface area contributed by atoms with Crippen LogP contribution in [-0.2, 0) is 0 Å². The lowest BCUT2D eigenvalue weighted by Crippen LogP contribution is -2.34. The Morgan fingerprint density at radius 3 is 2.75 bits per heavy atom. The zero-order valence-electron chi connectivity index (χ0n) is 12.0. The van der Waals surface area contributed by atoms with Crippen molar-refractivity contribution < 1.29 is 4.79 Å². The van der Waals surface area contributed by atoms with Crippen LogP contribution in [0.1, 0.15) is 27.7 Å². The van der Waals surface area contributed by atoms with E-state index in [2.05, 4.69) is 32.0 Å². The number of likely N-dealkylation sites (N-methyl/N-ethyl adjacent to an activating group) is 1. The molecule has 0 aliphatic carbocycles. The minimum Gasteiger partial charge on any atom is -0.350 e. The van der Waals surface area contributed by atoms with Gasteiger partial charge in [0.2, 0.25) is 0 Å². The van der Waals surface area contributed by atoms with Crippen LogP contribution in [0.4, 0.5) is 0 Å². The number of thiophene rings is 1. The van der Waals surface area contributed by atoms with E-state index < -0.39 is 0 Å². The molecule has 0 fully saturated rings. The first-order chi connectivity index (χ1) is 9.58. The van der Waals surface area contributed by atoms with Crippen molar-refractivity contribution in [3.63, 3.8) is 0 Å². The van der Waals surface area contributed by atoms with Gasteiger partial charge in [0, 0.05) is 18.4 Å². The van der Waals surface area contributed by atoms with Gasteiger partial charge in [-0.1, -0.05) is 0 Å². The Bertz CT molecular complexity index is 549. The lowest BCUT2D eigenvalue weighted by molar-refractivity contribution is 0.0941. The van der Waals surface area contributed by atoms with Gasteiger partial charge in [0.1, 0.15) is 0 Å². The number of aromatic nitrogens is 1. The molecule has 0 saturated heterocycles. The number of nitrogens with one attached hydrogen (secondary N) is 1. The number of rotatable bonds is 5. The van der Waals surface area contributed by atoms with E-state index in [1.807, 2.05) is 27.1 Å². The first kappa shape index (κ1) is 14.7. The summed E-state index contributed by atoms with van der Waals surface area (Å²) in [4.78, 5) is 18.3. The standard InChI is InChI=1S/C15H19N3OS/c1-11-4-5-12(8-16-11)15(19)17-9-14(18(2)3)13-6-7-20-10-13/h4-8,10,14H,9H2,1-3H3,(H,17,19)/t14-/m0/s1. The molecule has 106 valence electrons. The SMILES string of the molecule is Cc1ccc(C(=O)NC[C@@H](c2ccsc2)N(C)C)cn1. The fourth-order valence-corrected chi connectivity index (χ4v) is 2.66. The van der Waals surface area contributed by atoms with Crippen LogP contribution in [0.3, 0.4) is 0 Å². The smallest absolute Gasteiger partial charge is 0.252 e. The van der Waals surface area contributed by atoms with Crippen molar-refractivity contribution in [3.05, 3.63) is 52.0 Å². The Morgan fingerprint density at radius 2 is 2.20 bits per heavy atom. The number of amides is 1. The van der Waals surface area contributed by atoms with Gasteiger partial charge in [0.15, 0.2) is 0 Å². The third-order valence-electron chi connectivity index (χ3n) is 3.18. The Kier molecular flexibility index (Phi) is 4.87. The summed E-state index contributed by atoms with van der Waals surface area (Å²) < 4.78 is 0. The zero-order chi connectivity index (χ0) is 14.5. The highest BCUT2D eigenvalue weighted by Crippen LogP contribution is 2.20. The molecule has 2 rings (SSSR count). The van der Waals surface area contributed by atoms with Gasteiger partial charge in [-0.05, 0) is 55.5 Å². The van der Waals surface area contributed by atoms with Gasteiger partial charge in [-0.15, -0.1) is 0 Å². The van der Waals surface area contributed by atoms with Gasteiger partial charge in [0.25, 0.3) is 5.91 Å². The van der Waals surface area contributed by atoms with Crippen molar-refractivity contribution >= 4 is 17.2 Å². The van der Waals surface area contributed by atoms with Gasteiger partial charge < -0.3 is 10.2 Å². The first-order valence-electron chi connectivity index (χ1n) is 6.47. The average molecular weight is 289 g/mol. The molecule has 4 nitrogen and oxygen atoms in total. The van der Waals surface area contributed by atoms with Crippen molar-refractivity contribution in [2.24, 2.45) is 0 Å². The third-order valence-corrected chi connectivity index (χ3v) is 3.88. The molecular formula is C15H19N3OS. The highest BCUT2D eigenvalue weighted by molar-refractivity contribution is 7.07. The summed E-state index contributed by atoms with van der Waals surface area (Å²) in [6.45, 7) is 2.48. The molecule has 1 N–H and O–H groups in total. The molecule has 0 aliphatic heterocycles. The molecule has 2 aromatic heterocycles. The van der Waals surface area contributed by atoms with Crippen LogP contribution in [0.25, 0.3) is 0 Å². The molecule has 2 heterocycles. The number of carbonyl (C=O) groups is 1. The predicted molar refractivity (Wildman–Crippen MR) is 82.1 cm³/mol. The second-order valence-corrected chi connectivity index (χ2v) is 5.71. The minimum absolute atomic E-state index is 0.0837.